The molecule has 2 aliphatic rings. The molecule has 1 aromatic carbocycles. The van der Waals surface area contributed by atoms with Crippen molar-refractivity contribution in [3.63, 3.8) is 0 Å². The summed E-state index contributed by atoms with van der Waals surface area (Å²) in [6.07, 6.45) is 8.60. The Hall–Kier alpha value is -1.83. The first kappa shape index (κ1) is 23.8. The summed E-state index contributed by atoms with van der Waals surface area (Å²) in [6.45, 7) is 7.08. The summed E-state index contributed by atoms with van der Waals surface area (Å²) < 4.78 is 16.3. The molecule has 0 spiro atoms. The van der Waals surface area contributed by atoms with Gasteiger partial charge in [-0.2, -0.15) is 0 Å². The molecule has 1 saturated heterocycles. The van der Waals surface area contributed by atoms with Crippen LogP contribution in [-0.4, -0.2) is 75.1 Å². The minimum Gasteiger partial charge on any atom is -0.493 e. The second-order valence-corrected chi connectivity index (χ2v) is 8.54. The molecule has 0 saturated carbocycles. The first-order valence-electron chi connectivity index (χ1n) is 11.4. The fourth-order valence-electron chi connectivity index (χ4n) is 4.11. The lowest BCUT2D eigenvalue weighted by Gasteiger charge is -2.31. The number of allylic oxidation sites excluding steroid dienone is 1. The van der Waals surface area contributed by atoms with Crippen molar-refractivity contribution in [1.82, 2.24) is 15.1 Å². The molecule has 0 unspecified atom stereocenters. The molecule has 0 aromatic heterocycles. The molecule has 1 aromatic rings. The van der Waals surface area contributed by atoms with Gasteiger partial charge in [0.25, 0.3) is 0 Å². The summed E-state index contributed by atoms with van der Waals surface area (Å²) in [5, 5.41) is 4.33. The molecular weight excluding hydrogens is 410 g/mol. The van der Waals surface area contributed by atoms with Gasteiger partial charge in [0.2, 0.25) is 0 Å². The Balaban J connectivity index is 1.60. The Labute approximate surface area is 192 Å². The zero-order valence-corrected chi connectivity index (χ0v) is 19.8. The Bertz CT molecular complexity index is 735. The van der Waals surface area contributed by atoms with Crippen molar-refractivity contribution in [1.29, 1.82) is 0 Å². The van der Waals surface area contributed by atoms with Crippen LogP contribution in [-0.2, 0) is 11.3 Å². The normalized spacial score (nSPS) is 17.0. The van der Waals surface area contributed by atoms with Crippen LogP contribution in [0.2, 0.25) is 0 Å². The van der Waals surface area contributed by atoms with Gasteiger partial charge in [-0.15, -0.1) is 0 Å². The molecule has 6 nitrogen and oxygen atoms in total. The van der Waals surface area contributed by atoms with E-state index >= 15 is 0 Å². The number of nitrogens with one attached hydrogen (secondary N) is 1. The minimum atomic E-state index is 0.735. The van der Waals surface area contributed by atoms with E-state index in [1.807, 2.05) is 12.1 Å². The summed E-state index contributed by atoms with van der Waals surface area (Å²) in [5.41, 5.74) is 2.72. The van der Waals surface area contributed by atoms with Crippen LogP contribution in [0.1, 0.15) is 37.7 Å². The summed E-state index contributed by atoms with van der Waals surface area (Å²) in [4.78, 5) is 4.71. The number of hydrogen-bond donors (Lipinski definition) is 1. The van der Waals surface area contributed by atoms with Crippen LogP contribution in [0.15, 0.2) is 29.8 Å². The zero-order chi connectivity index (χ0) is 21.9. The highest BCUT2D eigenvalue weighted by atomic mass is 32.1. The van der Waals surface area contributed by atoms with Crippen molar-refractivity contribution >= 4 is 17.3 Å². The number of benzene rings is 1. The monoisotopic (exact) mass is 447 g/mol. The standard InChI is InChI=1S/C24H37N3O3S/c1-28-22-9-8-21(18-23(22)29-2)19-27(13-12-26-14-16-30-17-15-26)24(31)25-11-10-20-6-4-3-5-7-20/h6,8-9,18H,3-5,7,10-17,19H2,1-2H3,(H,25,31). The van der Waals surface area contributed by atoms with Crippen molar-refractivity contribution in [3.8, 4) is 11.5 Å². The summed E-state index contributed by atoms with van der Waals surface area (Å²) in [6, 6.07) is 6.08. The predicted molar refractivity (Wildman–Crippen MR) is 129 cm³/mol. The molecule has 0 atom stereocenters. The van der Waals surface area contributed by atoms with Gasteiger partial charge in [-0.25, -0.2) is 0 Å². The van der Waals surface area contributed by atoms with E-state index in [0.29, 0.717) is 0 Å². The maximum Gasteiger partial charge on any atom is 0.169 e. The van der Waals surface area contributed by atoms with Crippen LogP contribution in [0.5, 0.6) is 11.5 Å². The lowest BCUT2D eigenvalue weighted by Crippen LogP contribution is -2.46. The first-order valence-corrected chi connectivity index (χ1v) is 11.8. The largest absolute Gasteiger partial charge is 0.493 e. The molecule has 31 heavy (non-hydrogen) atoms. The van der Waals surface area contributed by atoms with E-state index in [1.54, 1.807) is 19.8 Å². The van der Waals surface area contributed by atoms with E-state index < -0.39 is 0 Å². The molecule has 1 heterocycles. The predicted octanol–water partition coefficient (Wildman–Crippen LogP) is 3.60. The quantitative estimate of drug-likeness (QED) is 0.434. The molecule has 1 aliphatic carbocycles. The van der Waals surface area contributed by atoms with Gasteiger partial charge in [0.1, 0.15) is 0 Å². The van der Waals surface area contributed by atoms with Crippen LogP contribution in [0.3, 0.4) is 0 Å². The van der Waals surface area contributed by atoms with Gasteiger partial charge in [0.15, 0.2) is 16.6 Å². The number of nitrogens with zero attached hydrogens (tertiary/aromatic N) is 2. The van der Waals surface area contributed by atoms with E-state index in [1.165, 1.54) is 25.7 Å². The summed E-state index contributed by atoms with van der Waals surface area (Å²) in [7, 11) is 3.33. The summed E-state index contributed by atoms with van der Waals surface area (Å²) >= 11 is 5.81. The van der Waals surface area contributed by atoms with Crippen LogP contribution < -0.4 is 14.8 Å². The number of hydrogen-bond acceptors (Lipinski definition) is 5. The third-order valence-electron chi connectivity index (χ3n) is 6.01. The van der Waals surface area contributed by atoms with Crippen LogP contribution in [0.25, 0.3) is 0 Å². The van der Waals surface area contributed by atoms with Crippen molar-refractivity contribution < 1.29 is 14.2 Å². The lowest BCUT2D eigenvalue weighted by atomic mass is 9.97. The van der Waals surface area contributed by atoms with Gasteiger partial charge in [-0.1, -0.05) is 17.7 Å². The van der Waals surface area contributed by atoms with Gasteiger partial charge in [-0.05, 0) is 62.0 Å². The number of rotatable bonds is 10. The second kappa shape index (κ2) is 12.9. The van der Waals surface area contributed by atoms with E-state index in [0.717, 1.165) is 81.1 Å². The zero-order valence-electron chi connectivity index (χ0n) is 19.0. The summed E-state index contributed by atoms with van der Waals surface area (Å²) in [5.74, 6) is 1.49. The van der Waals surface area contributed by atoms with Gasteiger partial charge in [0.05, 0.1) is 27.4 Å². The number of morpholine rings is 1. The second-order valence-electron chi connectivity index (χ2n) is 8.15. The average molecular weight is 448 g/mol. The molecule has 3 rings (SSSR count). The lowest BCUT2D eigenvalue weighted by molar-refractivity contribution is 0.0357. The highest BCUT2D eigenvalue weighted by Crippen LogP contribution is 2.28. The number of methoxy groups -OCH3 is 2. The Morgan fingerprint density at radius 1 is 1.16 bits per heavy atom. The maximum absolute atomic E-state index is 5.81. The highest BCUT2D eigenvalue weighted by Gasteiger charge is 2.16. The van der Waals surface area contributed by atoms with Gasteiger partial charge in [0, 0.05) is 39.3 Å². The van der Waals surface area contributed by atoms with Gasteiger partial charge < -0.3 is 24.4 Å². The van der Waals surface area contributed by atoms with E-state index in [9.17, 15) is 0 Å². The molecular formula is C24H37N3O3S. The molecule has 0 amide bonds. The third kappa shape index (κ3) is 7.66. The Morgan fingerprint density at radius 2 is 1.97 bits per heavy atom. The van der Waals surface area contributed by atoms with Gasteiger partial charge >= 0.3 is 0 Å². The average Bonchev–Trinajstić information content (AvgIpc) is 2.82. The number of ether oxygens (including phenoxy) is 3. The molecule has 7 heteroatoms. The fraction of sp³-hybridized carbons (Fsp3) is 0.625. The molecule has 0 bridgehead atoms. The molecule has 1 aliphatic heterocycles. The molecule has 1 N–H and O–H groups in total. The van der Waals surface area contributed by atoms with Crippen molar-refractivity contribution in [2.24, 2.45) is 0 Å². The van der Waals surface area contributed by atoms with Crippen molar-refractivity contribution in [3.05, 3.63) is 35.4 Å². The Kier molecular flexibility index (Phi) is 9.90. The maximum atomic E-state index is 5.81. The number of thiocarbonyl (C=S) groups is 1. The first-order chi connectivity index (χ1) is 15.2. The highest BCUT2D eigenvalue weighted by molar-refractivity contribution is 7.80. The fourth-order valence-corrected chi connectivity index (χ4v) is 4.37. The van der Waals surface area contributed by atoms with Crippen molar-refractivity contribution in [2.45, 2.75) is 38.6 Å². The van der Waals surface area contributed by atoms with E-state index in [-0.39, 0.29) is 0 Å². The topological polar surface area (TPSA) is 46.2 Å². The molecule has 172 valence electrons. The molecule has 0 radical (unpaired) electrons. The van der Waals surface area contributed by atoms with Gasteiger partial charge in [-0.3, -0.25) is 4.90 Å². The molecule has 1 fully saturated rings. The Morgan fingerprint density at radius 3 is 2.68 bits per heavy atom. The van der Waals surface area contributed by atoms with Crippen LogP contribution in [0.4, 0.5) is 0 Å². The van der Waals surface area contributed by atoms with Crippen LogP contribution in [0, 0.1) is 0 Å². The van der Waals surface area contributed by atoms with Crippen molar-refractivity contribution in [2.75, 3.05) is 60.2 Å². The van der Waals surface area contributed by atoms with Crippen LogP contribution >= 0.6 is 12.2 Å². The smallest absolute Gasteiger partial charge is 0.169 e. The third-order valence-corrected chi connectivity index (χ3v) is 6.41. The van der Waals surface area contributed by atoms with E-state index in [4.69, 9.17) is 26.4 Å². The van der Waals surface area contributed by atoms with E-state index in [2.05, 4.69) is 27.3 Å². The minimum absolute atomic E-state index is 0.735. The SMILES string of the molecule is COc1ccc(CN(CCN2CCOCC2)C(=S)NCCC2=CCCCC2)cc1OC.